The summed E-state index contributed by atoms with van der Waals surface area (Å²) in [6.45, 7) is 8.78. The first-order valence-corrected chi connectivity index (χ1v) is 7.65. The molecule has 118 valence electrons. The lowest BCUT2D eigenvalue weighted by atomic mass is 10.3. The van der Waals surface area contributed by atoms with Gasteiger partial charge < -0.3 is 14.6 Å². The molecule has 0 aliphatic heterocycles. The molecule has 0 radical (unpaired) electrons. The van der Waals surface area contributed by atoms with E-state index in [1.165, 1.54) is 11.4 Å². The number of benzene rings is 1. The van der Waals surface area contributed by atoms with E-state index in [-0.39, 0.29) is 12.0 Å². The number of ether oxygens (including phenoxy) is 1. The SMILES string of the molecule is Cc1ccc(C)n1CCC(=O)Nc1ccc(OC(C)C)cc1. The standard InChI is InChI=1S/C18H24N2O2/c1-13(2)22-17-9-7-16(8-10-17)19-18(21)11-12-20-14(3)5-6-15(20)4/h5-10,13H,11-12H2,1-4H3,(H,19,21). The highest BCUT2D eigenvalue weighted by atomic mass is 16.5. The number of aryl methyl sites for hydroxylation is 2. The van der Waals surface area contributed by atoms with Gasteiger partial charge in [0.1, 0.15) is 5.75 Å². The van der Waals surface area contributed by atoms with Crippen LogP contribution in [0, 0.1) is 13.8 Å². The Balaban J connectivity index is 1.87. The number of hydrogen-bond acceptors (Lipinski definition) is 2. The maximum atomic E-state index is 12.0. The van der Waals surface area contributed by atoms with E-state index in [9.17, 15) is 4.79 Å². The predicted molar refractivity (Wildman–Crippen MR) is 89.4 cm³/mol. The van der Waals surface area contributed by atoms with Crippen LogP contribution in [0.3, 0.4) is 0 Å². The summed E-state index contributed by atoms with van der Waals surface area (Å²) in [5.74, 6) is 0.830. The zero-order valence-corrected chi connectivity index (χ0v) is 13.7. The van der Waals surface area contributed by atoms with Crippen LogP contribution in [0.2, 0.25) is 0 Å². The van der Waals surface area contributed by atoms with Crippen LogP contribution in [0.5, 0.6) is 5.75 Å². The van der Waals surface area contributed by atoms with E-state index in [2.05, 4.69) is 35.9 Å². The molecule has 0 saturated carbocycles. The summed E-state index contributed by atoms with van der Waals surface area (Å²) in [5.41, 5.74) is 3.16. The molecule has 1 aromatic carbocycles. The van der Waals surface area contributed by atoms with E-state index in [0.29, 0.717) is 13.0 Å². The fourth-order valence-corrected chi connectivity index (χ4v) is 2.38. The third kappa shape index (κ3) is 4.38. The number of carbonyl (C=O) groups is 1. The summed E-state index contributed by atoms with van der Waals surface area (Å²) in [4.78, 5) is 12.0. The van der Waals surface area contributed by atoms with Gasteiger partial charge in [-0.2, -0.15) is 0 Å². The number of amides is 1. The number of nitrogens with zero attached hydrogens (tertiary/aromatic N) is 1. The Labute approximate surface area is 132 Å². The van der Waals surface area contributed by atoms with Gasteiger partial charge in [0, 0.05) is 30.0 Å². The fraction of sp³-hybridized carbons (Fsp3) is 0.389. The van der Waals surface area contributed by atoms with Gasteiger partial charge in [-0.05, 0) is 64.1 Å². The highest BCUT2D eigenvalue weighted by molar-refractivity contribution is 5.90. The van der Waals surface area contributed by atoms with E-state index in [1.807, 2.05) is 38.1 Å². The molecule has 0 unspecified atom stereocenters. The lowest BCUT2D eigenvalue weighted by molar-refractivity contribution is -0.116. The smallest absolute Gasteiger partial charge is 0.226 e. The minimum Gasteiger partial charge on any atom is -0.491 e. The van der Waals surface area contributed by atoms with Crippen LogP contribution in [0.1, 0.15) is 31.7 Å². The number of nitrogens with one attached hydrogen (secondary N) is 1. The van der Waals surface area contributed by atoms with Crippen LogP contribution >= 0.6 is 0 Å². The van der Waals surface area contributed by atoms with Crippen molar-refractivity contribution in [3.05, 3.63) is 47.8 Å². The van der Waals surface area contributed by atoms with E-state index >= 15 is 0 Å². The van der Waals surface area contributed by atoms with Crippen molar-refractivity contribution in [1.29, 1.82) is 0 Å². The summed E-state index contributed by atoms with van der Waals surface area (Å²) >= 11 is 0. The number of rotatable bonds is 6. The van der Waals surface area contributed by atoms with Crippen LogP contribution < -0.4 is 10.1 Å². The van der Waals surface area contributed by atoms with Crippen molar-refractivity contribution in [2.75, 3.05) is 5.32 Å². The molecule has 1 aromatic heterocycles. The molecule has 0 atom stereocenters. The molecule has 0 spiro atoms. The summed E-state index contributed by atoms with van der Waals surface area (Å²) in [5, 5.41) is 2.92. The van der Waals surface area contributed by atoms with Gasteiger partial charge in [-0.3, -0.25) is 4.79 Å². The topological polar surface area (TPSA) is 43.3 Å². The monoisotopic (exact) mass is 300 g/mol. The average molecular weight is 300 g/mol. The molecule has 0 aliphatic rings. The van der Waals surface area contributed by atoms with Crippen molar-refractivity contribution < 1.29 is 9.53 Å². The molecule has 2 rings (SSSR count). The van der Waals surface area contributed by atoms with Crippen molar-refractivity contribution in [3.63, 3.8) is 0 Å². The molecule has 2 aromatic rings. The van der Waals surface area contributed by atoms with Gasteiger partial charge in [0.15, 0.2) is 0 Å². The average Bonchev–Trinajstić information content (AvgIpc) is 2.77. The van der Waals surface area contributed by atoms with Gasteiger partial charge in [-0.15, -0.1) is 0 Å². The summed E-state index contributed by atoms with van der Waals surface area (Å²) in [6.07, 6.45) is 0.606. The van der Waals surface area contributed by atoms with Crippen molar-refractivity contribution >= 4 is 11.6 Å². The van der Waals surface area contributed by atoms with Gasteiger partial charge in [0.05, 0.1) is 6.10 Å². The van der Waals surface area contributed by atoms with E-state index in [1.54, 1.807) is 0 Å². The highest BCUT2D eigenvalue weighted by Gasteiger charge is 2.06. The van der Waals surface area contributed by atoms with Crippen LogP contribution in [0.15, 0.2) is 36.4 Å². The molecule has 1 heterocycles. The Kier molecular flexibility index (Phi) is 5.26. The lowest BCUT2D eigenvalue weighted by Gasteiger charge is -2.11. The Hall–Kier alpha value is -2.23. The van der Waals surface area contributed by atoms with Crippen LogP contribution in [-0.4, -0.2) is 16.6 Å². The predicted octanol–water partition coefficient (Wildman–Crippen LogP) is 3.92. The second-order valence-corrected chi connectivity index (χ2v) is 5.76. The van der Waals surface area contributed by atoms with Gasteiger partial charge in [0.25, 0.3) is 0 Å². The highest BCUT2D eigenvalue weighted by Crippen LogP contribution is 2.17. The number of anilines is 1. The molecule has 1 N–H and O–H groups in total. The molecule has 4 nitrogen and oxygen atoms in total. The third-order valence-corrected chi connectivity index (χ3v) is 3.49. The van der Waals surface area contributed by atoms with Crippen molar-refractivity contribution in [2.45, 2.75) is 46.8 Å². The second-order valence-electron chi connectivity index (χ2n) is 5.76. The molecule has 0 saturated heterocycles. The molecule has 0 bridgehead atoms. The zero-order chi connectivity index (χ0) is 16.1. The van der Waals surface area contributed by atoms with Gasteiger partial charge in [-0.25, -0.2) is 0 Å². The largest absolute Gasteiger partial charge is 0.491 e. The van der Waals surface area contributed by atoms with Crippen molar-refractivity contribution in [3.8, 4) is 5.75 Å². The van der Waals surface area contributed by atoms with Gasteiger partial charge in [0.2, 0.25) is 5.91 Å². The number of hydrogen-bond donors (Lipinski definition) is 1. The van der Waals surface area contributed by atoms with Crippen molar-refractivity contribution in [2.24, 2.45) is 0 Å². The zero-order valence-electron chi connectivity index (χ0n) is 13.7. The minimum absolute atomic E-state index is 0.0185. The molecular formula is C18H24N2O2. The summed E-state index contributed by atoms with van der Waals surface area (Å²) in [6, 6.07) is 11.6. The van der Waals surface area contributed by atoms with Crippen molar-refractivity contribution in [1.82, 2.24) is 4.57 Å². The molecule has 0 fully saturated rings. The van der Waals surface area contributed by atoms with E-state index < -0.39 is 0 Å². The molecule has 22 heavy (non-hydrogen) atoms. The number of aromatic nitrogens is 1. The summed E-state index contributed by atoms with van der Waals surface area (Å²) < 4.78 is 7.73. The summed E-state index contributed by atoms with van der Waals surface area (Å²) in [7, 11) is 0. The Bertz CT molecular complexity index is 608. The van der Waals surface area contributed by atoms with E-state index in [0.717, 1.165) is 11.4 Å². The fourth-order valence-electron chi connectivity index (χ4n) is 2.38. The molecule has 0 aliphatic carbocycles. The number of carbonyl (C=O) groups excluding carboxylic acids is 1. The quantitative estimate of drug-likeness (QED) is 0.878. The lowest BCUT2D eigenvalue weighted by Crippen LogP contribution is -2.15. The van der Waals surface area contributed by atoms with Crippen LogP contribution in [0.25, 0.3) is 0 Å². The van der Waals surface area contributed by atoms with E-state index in [4.69, 9.17) is 4.74 Å². The first kappa shape index (κ1) is 16.1. The van der Waals surface area contributed by atoms with Gasteiger partial charge >= 0.3 is 0 Å². The maximum Gasteiger partial charge on any atom is 0.226 e. The van der Waals surface area contributed by atoms with Gasteiger partial charge in [-0.1, -0.05) is 0 Å². The molecular weight excluding hydrogens is 276 g/mol. The normalized spacial score (nSPS) is 10.8. The first-order valence-electron chi connectivity index (χ1n) is 7.65. The first-order chi connectivity index (χ1) is 10.5. The van der Waals surface area contributed by atoms with Crippen LogP contribution in [0.4, 0.5) is 5.69 Å². The second kappa shape index (κ2) is 7.16. The van der Waals surface area contributed by atoms with Crippen LogP contribution in [-0.2, 0) is 11.3 Å². The molecule has 4 heteroatoms. The Morgan fingerprint density at radius 2 is 1.68 bits per heavy atom. The minimum atomic E-state index is 0.0185. The molecule has 1 amide bonds. The maximum absolute atomic E-state index is 12.0. The Morgan fingerprint density at radius 1 is 1.09 bits per heavy atom. The third-order valence-electron chi connectivity index (χ3n) is 3.49. The Morgan fingerprint density at radius 3 is 2.23 bits per heavy atom.